The van der Waals surface area contributed by atoms with Gasteiger partial charge in [0.2, 0.25) is 0 Å². The summed E-state index contributed by atoms with van der Waals surface area (Å²) in [5.74, 6) is 0.981. The predicted octanol–water partition coefficient (Wildman–Crippen LogP) is 8.89. The van der Waals surface area contributed by atoms with E-state index in [1.54, 1.807) is 24.3 Å². The Morgan fingerprint density at radius 3 is 1.35 bits per heavy atom. The Bertz CT molecular complexity index is 1080. The van der Waals surface area contributed by atoms with Crippen molar-refractivity contribution in [2.45, 2.75) is 78.1 Å². The van der Waals surface area contributed by atoms with E-state index < -0.39 is 0 Å². The van der Waals surface area contributed by atoms with Crippen LogP contribution in [-0.4, -0.2) is 25.0 Å². The molecular formula is C34H44N2O4. The van der Waals surface area contributed by atoms with Crippen molar-refractivity contribution < 1.29 is 19.1 Å². The monoisotopic (exact) mass is 544 g/mol. The molecule has 3 rings (SSSR count). The SMILES string of the molecule is CCCCCCCOc1cccc(NC(=O)c2ccc(C(=O)Nc3cccc(OCCCCCCC)c3)cc2)c1. The van der Waals surface area contributed by atoms with E-state index in [-0.39, 0.29) is 11.8 Å². The fourth-order valence-electron chi connectivity index (χ4n) is 4.30. The molecule has 0 spiro atoms. The van der Waals surface area contributed by atoms with E-state index in [9.17, 15) is 9.59 Å². The largest absolute Gasteiger partial charge is 0.494 e. The average Bonchev–Trinajstić information content (AvgIpc) is 2.97. The summed E-state index contributed by atoms with van der Waals surface area (Å²) in [7, 11) is 0. The number of benzene rings is 3. The first kappa shape index (κ1) is 30.7. The van der Waals surface area contributed by atoms with Crippen LogP contribution in [0.3, 0.4) is 0 Å². The van der Waals surface area contributed by atoms with Crippen LogP contribution in [0.4, 0.5) is 11.4 Å². The first-order valence-corrected chi connectivity index (χ1v) is 14.8. The highest BCUT2D eigenvalue weighted by Crippen LogP contribution is 2.21. The van der Waals surface area contributed by atoms with E-state index in [0.29, 0.717) is 35.7 Å². The minimum absolute atomic E-state index is 0.247. The Balaban J connectivity index is 1.46. The molecule has 0 aliphatic carbocycles. The van der Waals surface area contributed by atoms with Gasteiger partial charge in [0.1, 0.15) is 11.5 Å². The average molecular weight is 545 g/mol. The lowest BCUT2D eigenvalue weighted by Crippen LogP contribution is -2.14. The molecule has 0 saturated carbocycles. The van der Waals surface area contributed by atoms with E-state index in [2.05, 4.69) is 24.5 Å². The normalized spacial score (nSPS) is 10.7. The molecule has 2 amide bonds. The summed E-state index contributed by atoms with van der Waals surface area (Å²) in [6, 6.07) is 21.4. The number of amides is 2. The summed E-state index contributed by atoms with van der Waals surface area (Å²) in [6.45, 7) is 5.74. The lowest BCUT2D eigenvalue weighted by atomic mass is 10.1. The van der Waals surface area contributed by atoms with Crippen LogP contribution in [0.25, 0.3) is 0 Å². The van der Waals surface area contributed by atoms with Crippen LogP contribution in [0.15, 0.2) is 72.8 Å². The van der Waals surface area contributed by atoms with Crippen molar-refractivity contribution in [3.8, 4) is 11.5 Å². The lowest BCUT2D eigenvalue weighted by molar-refractivity contribution is 0.101. The Labute approximate surface area is 239 Å². The quantitative estimate of drug-likeness (QED) is 0.157. The van der Waals surface area contributed by atoms with Gasteiger partial charge in [-0.25, -0.2) is 0 Å². The van der Waals surface area contributed by atoms with Gasteiger partial charge >= 0.3 is 0 Å². The van der Waals surface area contributed by atoms with Crippen molar-refractivity contribution in [3.63, 3.8) is 0 Å². The molecule has 0 aromatic heterocycles. The number of carbonyl (C=O) groups excluding carboxylic acids is 2. The Kier molecular flexibility index (Phi) is 13.6. The number of nitrogens with one attached hydrogen (secondary N) is 2. The summed E-state index contributed by atoms with van der Waals surface area (Å²) >= 11 is 0. The maximum Gasteiger partial charge on any atom is 0.255 e. The molecule has 0 heterocycles. The van der Waals surface area contributed by atoms with Crippen molar-refractivity contribution in [2.75, 3.05) is 23.8 Å². The molecule has 3 aromatic rings. The van der Waals surface area contributed by atoms with Crippen molar-refractivity contribution in [1.82, 2.24) is 0 Å². The molecule has 214 valence electrons. The van der Waals surface area contributed by atoms with E-state index in [4.69, 9.17) is 9.47 Å². The van der Waals surface area contributed by atoms with Crippen LogP contribution in [0.5, 0.6) is 11.5 Å². The van der Waals surface area contributed by atoms with Crippen molar-refractivity contribution >= 4 is 23.2 Å². The van der Waals surface area contributed by atoms with Crippen LogP contribution < -0.4 is 20.1 Å². The van der Waals surface area contributed by atoms with Gasteiger partial charge in [-0.1, -0.05) is 77.3 Å². The first-order chi connectivity index (χ1) is 19.6. The molecule has 2 N–H and O–H groups in total. The molecular weight excluding hydrogens is 500 g/mol. The number of unbranched alkanes of at least 4 members (excludes halogenated alkanes) is 8. The Hall–Kier alpha value is -3.80. The molecule has 6 nitrogen and oxygen atoms in total. The second-order valence-corrected chi connectivity index (χ2v) is 10.1. The molecule has 0 atom stereocenters. The van der Waals surface area contributed by atoms with Gasteiger partial charge in [-0.05, 0) is 61.4 Å². The summed E-state index contributed by atoms with van der Waals surface area (Å²) < 4.78 is 11.7. The summed E-state index contributed by atoms with van der Waals surface area (Å²) in [5.41, 5.74) is 2.26. The molecule has 0 unspecified atom stereocenters. The van der Waals surface area contributed by atoms with Crippen LogP contribution in [-0.2, 0) is 0 Å². The van der Waals surface area contributed by atoms with Gasteiger partial charge in [0, 0.05) is 34.6 Å². The van der Waals surface area contributed by atoms with E-state index in [1.165, 1.54) is 51.4 Å². The van der Waals surface area contributed by atoms with Gasteiger partial charge in [-0.3, -0.25) is 9.59 Å². The Morgan fingerprint density at radius 1 is 0.550 bits per heavy atom. The van der Waals surface area contributed by atoms with Gasteiger partial charge in [0.25, 0.3) is 11.8 Å². The van der Waals surface area contributed by atoms with Crippen LogP contribution in [0, 0.1) is 0 Å². The zero-order valence-electron chi connectivity index (χ0n) is 24.0. The van der Waals surface area contributed by atoms with Gasteiger partial charge < -0.3 is 20.1 Å². The number of carbonyl (C=O) groups is 2. The summed E-state index contributed by atoms with van der Waals surface area (Å²) in [6.07, 6.45) is 11.8. The summed E-state index contributed by atoms with van der Waals surface area (Å²) in [5, 5.41) is 5.82. The highest BCUT2D eigenvalue weighted by Gasteiger charge is 2.11. The third-order valence-electron chi connectivity index (χ3n) is 6.63. The van der Waals surface area contributed by atoms with Crippen molar-refractivity contribution in [1.29, 1.82) is 0 Å². The minimum Gasteiger partial charge on any atom is -0.494 e. The number of rotatable bonds is 18. The van der Waals surface area contributed by atoms with E-state index in [1.807, 2.05) is 48.5 Å². The maximum absolute atomic E-state index is 12.8. The molecule has 3 aromatic carbocycles. The molecule has 0 aliphatic rings. The van der Waals surface area contributed by atoms with Gasteiger partial charge in [-0.15, -0.1) is 0 Å². The lowest BCUT2D eigenvalue weighted by Gasteiger charge is -2.11. The molecule has 0 saturated heterocycles. The number of hydrogen-bond acceptors (Lipinski definition) is 4. The van der Waals surface area contributed by atoms with E-state index >= 15 is 0 Å². The second-order valence-electron chi connectivity index (χ2n) is 10.1. The second kappa shape index (κ2) is 17.7. The van der Waals surface area contributed by atoms with Gasteiger partial charge in [-0.2, -0.15) is 0 Å². The smallest absolute Gasteiger partial charge is 0.255 e. The Morgan fingerprint density at radius 2 is 0.950 bits per heavy atom. The molecule has 40 heavy (non-hydrogen) atoms. The molecule has 0 fully saturated rings. The van der Waals surface area contributed by atoms with Crippen molar-refractivity contribution in [2.24, 2.45) is 0 Å². The number of hydrogen-bond donors (Lipinski definition) is 2. The van der Waals surface area contributed by atoms with Gasteiger partial charge in [0.15, 0.2) is 0 Å². The standard InChI is InChI=1S/C34H44N2O4/c1-3-5-7-9-11-23-39-31-17-13-15-29(25-31)35-33(37)27-19-21-28(22-20-27)34(38)36-30-16-14-18-32(26-30)40-24-12-10-8-6-4-2/h13-22,25-26H,3-12,23-24H2,1-2H3,(H,35,37)(H,36,38). The fraction of sp³-hybridized carbons (Fsp3) is 0.412. The van der Waals surface area contributed by atoms with E-state index in [0.717, 1.165) is 24.3 Å². The van der Waals surface area contributed by atoms with Crippen LogP contribution in [0.1, 0.15) is 98.8 Å². The van der Waals surface area contributed by atoms with Gasteiger partial charge in [0.05, 0.1) is 13.2 Å². The molecule has 0 bridgehead atoms. The molecule has 0 aliphatic heterocycles. The third kappa shape index (κ3) is 11.1. The maximum atomic E-state index is 12.8. The van der Waals surface area contributed by atoms with Crippen LogP contribution >= 0.6 is 0 Å². The molecule has 6 heteroatoms. The third-order valence-corrected chi connectivity index (χ3v) is 6.63. The first-order valence-electron chi connectivity index (χ1n) is 14.8. The highest BCUT2D eigenvalue weighted by molar-refractivity contribution is 6.07. The predicted molar refractivity (Wildman–Crippen MR) is 164 cm³/mol. The highest BCUT2D eigenvalue weighted by atomic mass is 16.5. The van der Waals surface area contributed by atoms with Crippen LogP contribution in [0.2, 0.25) is 0 Å². The molecule has 0 radical (unpaired) electrons. The fourth-order valence-corrected chi connectivity index (χ4v) is 4.30. The zero-order valence-corrected chi connectivity index (χ0v) is 24.0. The zero-order chi connectivity index (χ0) is 28.4. The topological polar surface area (TPSA) is 76.7 Å². The number of ether oxygens (including phenoxy) is 2. The van der Waals surface area contributed by atoms with Crippen molar-refractivity contribution in [3.05, 3.63) is 83.9 Å². The summed E-state index contributed by atoms with van der Waals surface area (Å²) in [4.78, 5) is 25.6. The minimum atomic E-state index is -0.247. The number of anilines is 2.